The normalized spacial score (nSPS) is 8.55. The van der Waals surface area contributed by atoms with Gasteiger partial charge in [0, 0.05) is 20.1 Å². The van der Waals surface area contributed by atoms with Gasteiger partial charge in [-0.15, -0.1) is 0 Å². The molecule has 0 aromatic heterocycles. The van der Waals surface area contributed by atoms with E-state index < -0.39 is 11.9 Å². The first-order valence-corrected chi connectivity index (χ1v) is 6.95. The second-order valence-corrected chi connectivity index (χ2v) is 4.40. The van der Waals surface area contributed by atoms with Crippen LogP contribution in [0.25, 0.3) is 0 Å². The molecule has 167 valence electrons. The maximum Gasteiger partial charge on any atom is 0.0715 e. The average Bonchev–Trinajstić information content (AvgIpc) is 3.17. The first-order valence-electron chi connectivity index (χ1n) is 6.95. The van der Waals surface area contributed by atoms with Gasteiger partial charge in [0.2, 0.25) is 0 Å². The predicted molar refractivity (Wildman–Crippen MR) is 117 cm³/mol. The molecule has 1 aliphatic carbocycles. The summed E-state index contributed by atoms with van der Waals surface area (Å²) < 4.78 is 0. The van der Waals surface area contributed by atoms with Crippen LogP contribution in [-0.2, 0) is 20.1 Å². The smallest absolute Gasteiger partial charge is 0.0715 e. The van der Waals surface area contributed by atoms with Crippen LogP contribution >= 0.6 is 0 Å². The zero-order valence-electron chi connectivity index (χ0n) is 17.8. The van der Waals surface area contributed by atoms with Gasteiger partial charge in [-0.05, 0) is 17.5 Å². The third-order valence-corrected chi connectivity index (χ3v) is 2.67. The standard InChI is InChI=1S/2C7H6O2.C5H6.5CH3.Ir/c2*8-7(9)6-4-2-1-3-5-6;1-2-4-5-3-1;;;;;;/h2*1-5H,(H,8,9);1-4H,5H2;5*1H3;/q;;;5*-1;/p-2. The van der Waals surface area contributed by atoms with Gasteiger partial charge in [0.05, 0.1) is 11.9 Å². The second-order valence-electron chi connectivity index (χ2n) is 4.40. The molecule has 2 aromatic rings. The average molecular weight is 576 g/mol. The summed E-state index contributed by atoms with van der Waals surface area (Å²) >= 11 is 0. The number of carboxylic acid groups (broad SMARTS) is 2. The van der Waals surface area contributed by atoms with Gasteiger partial charge in [-0.25, -0.2) is 0 Å². The van der Waals surface area contributed by atoms with E-state index in [1.165, 1.54) is 24.3 Å². The molecule has 4 nitrogen and oxygen atoms in total. The number of carbonyl (C=O) groups excluding carboxylic acids is 2. The van der Waals surface area contributed by atoms with Gasteiger partial charge in [-0.1, -0.05) is 85.0 Å². The zero-order chi connectivity index (χ0) is 16.9. The van der Waals surface area contributed by atoms with E-state index in [-0.39, 0.29) is 68.4 Å². The molecule has 3 rings (SSSR count). The Balaban J connectivity index is -0.0000000637. The van der Waals surface area contributed by atoms with Crippen LogP contribution in [0, 0.1) is 37.1 Å². The Bertz CT molecular complexity index is 606. The van der Waals surface area contributed by atoms with Gasteiger partial charge in [0.25, 0.3) is 0 Å². The van der Waals surface area contributed by atoms with Crippen LogP contribution in [0.4, 0.5) is 0 Å². The fourth-order valence-corrected chi connectivity index (χ4v) is 1.54. The molecule has 0 atom stereocenters. The van der Waals surface area contributed by atoms with E-state index in [0.717, 1.165) is 6.42 Å². The fraction of sp³-hybridized carbons (Fsp3) is 0.0417. The molecular weight excluding hydrogens is 544 g/mol. The monoisotopic (exact) mass is 576 g/mol. The van der Waals surface area contributed by atoms with E-state index in [1.54, 1.807) is 36.4 Å². The van der Waals surface area contributed by atoms with Crippen molar-refractivity contribution in [2.24, 2.45) is 0 Å². The molecule has 1 aliphatic rings. The van der Waals surface area contributed by atoms with Crippen molar-refractivity contribution in [3.63, 3.8) is 0 Å². The minimum atomic E-state index is -1.13. The number of benzene rings is 2. The molecule has 0 amide bonds. The Morgan fingerprint density at radius 3 is 1.00 bits per heavy atom. The van der Waals surface area contributed by atoms with E-state index >= 15 is 0 Å². The third-order valence-electron chi connectivity index (χ3n) is 2.67. The molecule has 0 heterocycles. The van der Waals surface area contributed by atoms with Crippen molar-refractivity contribution in [3.05, 3.63) is 133 Å². The van der Waals surface area contributed by atoms with Crippen LogP contribution in [0.3, 0.4) is 0 Å². The molecule has 2 aromatic carbocycles. The van der Waals surface area contributed by atoms with Crippen molar-refractivity contribution in [2.75, 3.05) is 0 Å². The molecule has 5 heteroatoms. The Morgan fingerprint density at radius 1 is 0.586 bits per heavy atom. The van der Waals surface area contributed by atoms with Crippen LogP contribution in [0.2, 0.25) is 0 Å². The molecule has 0 saturated carbocycles. The SMILES string of the molecule is C1=CCC=C1.O=C([O-])c1ccccc1.O=C([O-])c1ccccc1.[CH3-].[CH3-].[CH3-].[CH3-].[CH3-].[Ir]. The van der Waals surface area contributed by atoms with Gasteiger partial charge < -0.3 is 56.9 Å². The van der Waals surface area contributed by atoms with Crippen LogP contribution < -0.4 is 10.2 Å². The van der Waals surface area contributed by atoms with Crippen molar-refractivity contribution in [3.8, 4) is 0 Å². The minimum absolute atomic E-state index is 0. The van der Waals surface area contributed by atoms with E-state index in [2.05, 4.69) is 24.3 Å². The zero-order valence-corrected chi connectivity index (χ0v) is 20.2. The first kappa shape index (κ1) is 41.0. The summed E-state index contributed by atoms with van der Waals surface area (Å²) in [6.45, 7) is 0. The van der Waals surface area contributed by atoms with Gasteiger partial charge in [0.1, 0.15) is 0 Å². The quantitative estimate of drug-likeness (QED) is 0.510. The molecular formula is C24H31IrO4-7. The molecule has 0 unspecified atom stereocenters. The summed E-state index contributed by atoms with van der Waals surface area (Å²) in [5.74, 6) is -2.26. The van der Waals surface area contributed by atoms with Crippen molar-refractivity contribution in [1.82, 2.24) is 0 Å². The Hall–Kier alpha value is -2.49. The second kappa shape index (κ2) is 25.5. The van der Waals surface area contributed by atoms with E-state index in [9.17, 15) is 19.8 Å². The van der Waals surface area contributed by atoms with E-state index in [4.69, 9.17) is 0 Å². The molecule has 0 saturated heterocycles. The molecule has 29 heavy (non-hydrogen) atoms. The molecule has 0 spiro atoms. The van der Waals surface area contributed by atoms with Crippen molar-refractivity contribution >= 4 is 11.9 Å². The van der Waals surface area contributed by atoms with Crippen LogP contribution in [0.5, 0.6) is 0 Å². The van der Waals surface area contributed by atoms with Crippen molar-refractivity contribution in [1.29, 1.82) is 0 Å². The Labute approximate surface area is 191 Å². The number of allylic oxidation sites excluding steroid dienone is 4. The van der Waals surface area contributed by atoms with E-state index in [1.807, 2.05) is 0 Å². The third kappa shape index (κ3) is 20.1. The van der Waals surface area contributed by atoms with Gasteiger partial charge in [-0.3, -0.25) is 0 Å². The summed E-state index contributed by atoms with van der Waals surface area (Å²) in [6.07, 6.45) is 9.50. The molecule has 0 fully saturated rings. The topological polar surface area (TPSA) is 80.3 Å². The number of carboxylic acids is 2. The summed E-state index contributed by atoms with van der Waals surface area (Å²) in [6, 6.07) is 16.1. The number of hydrogen-bond acceptors (Lipinski definition) is 4. The molecule has 1 radical (unpaired) electrons. The maximum absolute atomic E-state index is 10.1. The predicted octanol–water partition coefficient (Wildman–Crippen LogP) is 3.85. The van der Waals surface area contributed by atoms with Crippen LogP contribution in [-0.4, -0.2) is 11.9 Å². The van der Waals surface area contributed by atoms with E-state index in [0.29, 0.717) is 0 Å². The van der Waals surface area contributed by atoms with Crippen molar-refractivity contribution in [2.45, 2.75) is 6.42 Å². The first-order chi connectivity index (χ1) is 11.1. The van der Waals surface area contributed by atoms with Crippen molar-refractivity contribution < 1.29 is 39.9 Å². The number of aromatic carboxylic acids is 2. The van der Waals surface area contributed by atoms with Gasteiger partial charge in [-0.2, -0.15) is 0 Å². The number of rotatable bonds is 2. The van der Waals surface area contributed by atoms with Crippen LogP contribution in [0.15, 0.2) is 85.0 Å². The fourth-order valence-electron chi connectivity index (χ4n) is 1.54. The van der Waals surface area contributed by atoms with Gasteiger partial charge >= 0.3 is 0 Å². The summed E-state index contributed by atoms with van der Waals surface area (Å²) in [4.78, 5) is 20.2. The Morgan fingerprint density at radius 2 is 0.862 bits per heavy atom. The Kier molecular flexibility index (Phi) is 36.1. The summed E-state index contributed by atoms with van der Waals surface area (Å²) in [5.41, 5.74) is 0.440. The molecule has 0 aliphatic heterocycles. The molecule has 0 bridgehead atoms. The minimum Gasteiger partial charge on any atom is -0.545 e. The number of hydrogen-bond donors (Lipinski definition) is 0. The van der Waals surface area contributed by atoms with Gasteiger partial charge in [0.15, 0.2) is 0 Å². The maximum atomic E-state index is 10.1. The molecule has 0 N–H and O–H groups in total. The van der Waals surface area contributed by atoms with Crippen LogP contribution in [0.1, 0.15) is 27.1 Å². The number of carbonyl (C=O) groups is 2. The summed E-state index contributed by atoms with van der Waals surface area (Å²) in [7, 11) is 0. The summed E-state index contributed by atoms with van der Waals surface area (Å²) in [5, 5.41) is 20.2. The largest absolute Gasteiger partial charge is 0.545 e.